The van der Waals surface area contributed by atoms with E-state index in [0.717, 1.165) is 11.1 Å². The summed E-state index contributed by atoms with van der Waals surface area (Å²) in [5, 5.41) is 0.898. The van der Waals surface area contributed by atoms with Crippen molar-refractivity contribution in [2.24, 2.45) is 0 Å². The van der Waals surface area contributed by atoms with Crippen molar-refractivity contribution in [2.45, 2.75) is 0 Å². The van der Waals surface area contributed by atoms with Gasteiger partial charge in [-0.3, -0.25) is 0 Å². The third-order valence-electron chi connectivity index (χ3n) is 3.87. The molecule has 0 amide bonds. The Labute approximate surface area is 151 Å². The summed E-state index contributed by atoms with van der Waals surface area (Å²) in [6.07, 6.45) is 3.14. The largest absolute Gasteiger partial charge is 0.300 e. The van der Waals surface area contributed by atoms with Gasteiger partial charge in [0.25, 0.3) is 0 Å². The Kier molecular flexibility index (Phi) is 3.90. The second-order valence-electron chi connectivity index (χ2n) is 5.38. The molecule has 7 heteroatoms. The van der Waals surface area contributed by atoms with Gasteiger partial charge in [0.05, 0.1) is 10.4 Å². The number of nitrogens with zero attached hydrogens (tertiary/aromatic N) is 3. The van der Waals surface area contributed by atoms with Crippen molar-refractivity contribution in [1.29, 1.82) is 0 Å². The van der Waals surface area contributed by atoms with Crippen molar-refractivity contribution < 1.29 is 8.78 Å². The smallest absolute Gasteiger partial charge is 0.150 e. The second-order valence-corrected chi connectivity index (χ2v) is 6.15. The Morgan fingerprint density at radius 1 is 0.920 bits per heavy atom. The highest BCUT2D eigenvalue weighted by Crippen LogP contribution is 2.35. The number of rotatable bonds is 2. The zero-order valence-corrected chi connectivity index (χ0v) is 14.1. The normalized spacial score (nSPS) is 11.2. The molecule has 0 saturated carbocycles. The van der Waals surface area contributed by atoms with Crippen molar-refractivity contribution in [3.05, 3.63) is 76.8 Å². The zero-order valence-electron chi connectivity index (χ0n) is 12.5. The molecule has 0 aliphatic carbocycles. The molecule has 4 aromatic rings. The van der Waals surface area contributed by atoms with Gasteiger partial charge in [0.1, 0.15) is 28.8 Å². The molecule has 2 aromatic carbocycles. The standard InChI is InChI=1S/C18H9Cl2F2N3/c19-14-7-12(5-6-15(14)22)25-8-13(10-1-3-11(21)4-2-10)16-17(20)23-9-24-18(16)25/h1-9H. The Hall–Kier alpha value is -2.50. The highest BCUT2D eigenvalue weighted by molar-refractivity contribution is 6.35. The fraction of sp³-hybridized carbons (Fsp3) is 0. The minimum Gasteiger partial charge on any atom is -0.300 e. The molecule has 0 unspecified atom stereocenters. The number of benzene rings is 2. The van der Waals surface area contributed by atoms with Crippen LogP contribution in [0.4, 0.5) is 8.78 Å². The SMILES string of the molecule is Fc1ccc(-c2cn(-c3ccc(F)c(Cl)c3)c3ncnc(Cl)c23)cc1. The summed E-state index contributed by atoms with van der Waals surface area (Å²) < 4.78 is 28.5. The van der Waals surface area contributed by atoms with E-state index in [1.807, 2.05) is 0 Å². The first-order chi connectivity index (χ1) is 12.0. The quantitative estimate of drug-likeness (QED) is 0.422. The van der Waals surface area contributed by atoms with E-state index in [1.54, 1.807) is 29.0 Å². The van der Waals surface area contributed by atoms with Gasteiger partial charge in [0.15, 0.2) is 0 Å². The van der Waals surface area contributed by atoms with Crippen LogP contribution in [-0.2, 0) is 0 Å². The van der Waals surface area contributed by atoms with Crippen molar-refractivity contribution in [1.82, 2.24) is 14.5 Å². The number of hydrogen-bond donors (Lipinski definition) is 0. The fourth-order valence-electron chi connectivity index (χ4n) is 2.70. The molecule has 4 rings (SSSR count). The van der Waals surface area contributed by atoms with E-state index in [0.29, 0.717) is 16.7 Å². The topological polar surface area (TPSA) is 30.7 Å². The molecular weight excluding hydrogens is 367 g/mol. The molecule has 25 heavy (non-hydrogen) atoms. The molecule has 0 atom stereocenters. The average molecular weight is 376 g/mol. The first-order valence-electron chi connectivity index (χ1n) is 7.27. The Morgan fingerprint density at radius 3 is 2.40 bits per heavy atom. The highest BCUT2D eigenvalue weighted by atomic mass is 35.5. The molecule has 124 valence electrons. The first-order valence-corrected chi connectivity index (χ1v) is 8.03. The molecular formula is C18H9Cl2F2N3. The Bertz CT molecular complexity index is 1090. The highest BCUT2D eigenvalue weighted by Gasteiger charge is 2.17. The van der Waals surface area contributed by atoms with Crippen LogP contribution in [0.2, 0.25) is 10.2 Å². The molecule has 3 nitrogen and oxygen atoms in total. The summed E-state index contributed by atoms with van der Waals surface area (Å²) in [7, 11) is 0. The van der Waals surface area contributed by atoms with Gasteiger partial charge in [0, 0.05) is 17.4 Å². The average Bonchev–Trinajstić information content (AvgIpc) is 2.99. The van der Waals surface area contributed by atoms with Crippen LogP contribution in [0, 0.1) is 11.6 Å². The number of fused-ring (bicyclic) bond motifs is 1. The van der Waals surface area contributed by atoms with Crippen LogP contribution in [0.25, 0.3) is 27.8 Å². The summed E-state index contributed by atoms with van der Waals surface area (Å²) >= 11 is 12.2. The monoisotopic (exact) mass is 375 g/mol. The third kappa shape index (κ3) is 2.75. The van der Waals surface area contributed by atoms with E-state index >= 15 is 0 Å². The maximum atomic E-state index is 13.5. The van der Waals surface area contributed by atoms with Gasteiger partial charge < -0.3 is 4.57 Å². The lowest BCUT2D eigenvalue weighted by molar-refractivity contribution is 0.627. The van der Waals surface area contributed by atoms with Gasteiger partial charge in [0.2, 0.25) is 0 Å². The van der Waals surface area contributed by atoms with E-state index < -0.39 is 5.82 Å². The number of halogens is 4. The number of hydrogen-bond acceptors (Lipinski definition) is 2. The van der Waals surface area contributed by atoms with Crippen molar-refractivity contribution >= 4 is 34.2 Å². The molecule has 0 aliphatic rings. The lowest BCUT2D eigenvalue weighted by Crippen LogP contribution is -1.95. The minimum absolute atomic E-state index is 0.00263. The summed E-state index contributed by atoms with van der Waals surface area (Å²) in [4.78, 5) is 8.32. The van der Waals surface area contributed by atoms with Crippen LogP contribution in [-0.4, -0.2) is 14.5 Å². The van der Waals surface area contributed by atoms with Gasteiger partial charge in [-0.2, -0.15) is 0 Å². The summed E-state index contributed by atoms with van der Waals surface area (Å²) in [5.74, 6) is -0.839. The van der Waals surface area contributed by atoms with Crippen molar-refractivity contribution in [3.63, 3.8) is 0 Å². The molecule has 0 spiro atoms. The molecule has 2 heterocycles. The summed E-state index contributed by atoms with van der Waals surface area (Å²) in [6.45, 7) is 0. The molecule has 0 saturated heterocycles. The van der Waals surface area contributed by atoms with Crippen LogP contribution < -0.4 is 0 Å². The van der Waals surface area contributed by atoms with E-state index in [2.05, 4.69) is 9.97 Å². The predicted octanol–water partition coefficient (Wildman–Crippen LogP) is 5.67. The Balaban J connectivity index is 2.02. The van der Waals surface area contributed by atoms with Gasteiger partial charge in [-0.1, -0.05) is 35.3 Å². The van der Waals surface area contributed by atoms with Gasteiger partial charge in [-0.15, -0.1) is 0 Å². The van der Waals surface area contributed by atoms with Crippen LogP contribution >= 0.6 is 23.2 Å². The van der Waals surface area contributed by atoms with Crippen LogP contribution in [0.5, 0.6) is 0 Å². The maximum absolute atomic E-state index is 13.5. The van der Waals surface area contributed by atoms with Gasteiger partial charge in [-0.25, -0.2) is 18.7 Å². The van der Waals surface area contributed by atoms with E-state index in [-0.39, 0.29) is 16.0 Å². The Morgan fingerprint density at radius 2 is 1.68 bits per heavy atom. The molecule has 0 N–H and O–H groups in total. The molecule has 0 bridgehead atoms. The van der Waals surface area contributed by atoms with Gasteiger partial charge >= 0.3 is 0 Å². The summed E-state index contributed by atoms with van der Waals surface area (Å²) in [5.41, 5.74) is 2.66. The molecule has 0 fully saturated rings. The van der Waals surface area contributed by atoms with Crippen LogP contribution in [0.15, 0.2) is 55.0 Å². The van der Waals surface area contributed by atoms with Crippen LogP contribution in [0.1, 0.15) is 0 Å². The lowest BCUT2D eigenvalue weighted by atomic mass is 10.1. The van der Waals surface area contributed by atoms with E-state index in [9.17, 15) is 8.78 Å². The summed E-state index contributed by atoms with van der Waals surface area (Å²) in [6, 6.07) is 10.4. The predicted molar refractivity (Wildman–Crippen MR) is 94.2 cm³/mol. The van der Waals surface area contributed by atoms with Crippen molar-refractivity contribution in [3.8, 4) is 16.8 Å². The fourth-order valence-corrected chi connectivity index (χ4v) is 3.11. The lowest BCUT2D eigenvalue weighted by Gasteiger charge is -2.05. The van der Waals surface area contributed by atoms with Gasteiger partial charge in [-0.05, 0) is 35.9 Å². The van der Waals surface area contributed by atoms with E-state index in [4.69, 9.17) is 23.2 Å². The number of aromatic nitrogens is 3. The minimum atomic E-state index is -0.506. The third-order valence-corrected chi connectivity index (χ3v) is 4.45. The van der Waals surface area contributed by atoms with Crippen LogP contribution in [0.3, 0.4) is 0 Å². The zero-order chi connectivity index (χ0) is 17.6. The maximum Gasteiger partial charge on any atom is 0.150 e. The van der Waals surface area contributed by atoms with Crippen molar-refractivity contribution in [2.75, 3.05) is 0 Å². The van der Waals surface area contributed by atoms with E-state index in [1.165, 1.54) is 30.6 Å². The first kappa shape index (κ1) is 16.0. The molecule has 0 radical (unpaired) electrons. The molecule has 0 aliphatic heterocycles. The molecule has 2 aromatic heterocycles. The second kappa shape index (κ2) is 6.10.